The molecule has 0 saturated carbocycles. The Bertz CT molecular complexity index is 813. The van der Waals surface area contributed by atoms with Gasteiger partial charge in [0.1, 0.15) is 10.8 Å². The number of rotatable bonds is 2. The largest absolute Gasteiger partial charge is 0.393 e. The van der Waals surface area contributed by atoms with Gasteiger partial charge in [-0.2, -0.15) is 13.5 Å². The predicted octanol–water partition coefficient (Wildman–Crippen LogP) is 4.19. The number of fused-ring (bicyclic) bond motifs is 2. The molecule has 1 saturated heterocycles. The maximum absolute atomic E-state index is 9.74. The average Bonchev–Trinajstić information content (AvgIpc) is 2.86. The van der Waals surface area contributed by atoms with Crippen LogP contribution in [0.1, 0.15) is 23.8 Å². The molecule has 0 amide bonds. The molecule has 1 aromatic heterocycles. The Morgan fingerprint density at radius 1 is 1.32 bits per heavy atom. The van der Waals surface area contributed by atoms with Crippen molar-refractivity contribution in [1.82, 2.24) is 10.2 Å². The Morgan fingerprint density at radius 3 is 2.82 bits per heavy atom. The molecule has 3 N–H and O–H groups in total. The van der Waals surface area contributed by atoms with Crippen LogP contribution in [0.25, 0.3) is 0 Å². The van der Waals surface area contributed by atoms with Crippen molar-refractivity contribution in [2.75, 3.05) is 25.0 Å². The van der Waals surface area contributed by atoms with E-state index >= 15 is 0 Å². The van der Waals surface area contributed by atoms with E-state index < -0.39 is 0 Å². The van der Waals surface area contributed by atoms with Crippen LogP contribution in [-0.4, -0.2) is 47.6 Å². The number of aryl methyl sites for hydroxylation is 1. The first-order valence-corrected chi connectivity index (χ1v) is 9.64. The van der Waals surface area contributed by atoms with E-state index in [9.17, 15) is 5.11 Å². The van der Waals surface area contributed by atoms with Crippen LogP contribution in [0.5, 0.6) is 0 Å². The molecule has 2 atom stereocenters. The number of halogens is 2. The van der Waals surface area contributed by atoms with E-state index in [1.807, 2.05) is 19.1 Å². The lowest BCUT2D eigenvalue weighted by atomic mass is 10.1. The van der Waals surface area contributed by atoms with E-state index in [0.717, 1.165) is 48.3 Å². The fourth-order valence-corrected chi connectivity index (χ4v) is 4.50. The molecule has 3 heterocycles. The molecule has 156 valence electrons. The Morgan fingerprint density at radius 2 is 2.07 bits per heavy atom. The van der Waals surface area contributed by atoms with Gasteiger partial charge in [-0.05, 0) is 38.5 Å². The summed E-state index contributed by atoms with van der Waals surface area (Å²) >= 11 is 1.77. The number of nitrogens with zero attached hydrogens (tertiary/aromatic N) is 2. The molecule has 0 radical (unpaired) electrons. The molecule has 5 nitrogen and oxygen atoms in total. The van der Waals surface area contributed by atoms with Crippen LogP contribution in [0.15, 0.2) is 35.3 Å². The number of aliphatic hydroxyl groups is 1. The van der Waals surface area contributed by atoms with E-state index in [0.29, 0.717) is 0 Å². The molecule has 2 aromatic rings. The van der Waals surface area contributed by atoms with E-state index in [2.05, 4.69) is 40.7 Å². The van der Waals surface area contributed by atoms with Crippen LogP contribution < -0.4 is 10.6 Å². The first kappa shape index (κ1) is 25.1. The lowest BCUT2D eigenvalue weighted by molar-refractivity contribution is 0.151. The van der Waals surface area contributed by atoms with Crippen LogP contribution in [0.4, 0.5) is 16.4 Å². The lowest BCUT2D eigenvalue weighted by Crippen LogP contribution is -2.53. The summed E-state index contributed by atoms with van der Waals surface area (Å²) in [5.74, 6) is 1.04. The average molecular weight is 464 g/mol. The molecule has 0 aliphatic carbocycles. The molecule has 1 aromatic carbocycles. The van der Waals surface area contributed by atoms with Gasteiger partial charge in [0.25, 0.3) is 0 Å². The van der Waals surface area contributed by atoms with Crippen molar-refractivity contribution in [2.24, 2.45) is 4.99 Å². The number of hydrogen-bond donors (Lipinski definition) is 3. The predicted molar refractivity (Wildman–Crippen MR) is 130 cm³/mol. The van der Waals surface area contributed by atoms with Gasteiger partial charge in [-0.3, -0.25) is 0 Å². The lowest BCUT2D eigenvalue weighted by Gasteiger charge is -2.36. The molecule has 0 spiro atoms. The fraction of sp³-hybridized carbons (Fsp3) is 0.421. The van der Waals surface area contributed by atoms with Crippen LogP contribution in [0, 0.1) is 6.92 Å². The van der Waals surface area contributed by atoms with Gasteiger partial charge in [-0.15, -0.1) is 36.2 Å². The molecule has 0 bridgehead atoms. The number of aliphatic imine (C=N–C) groups is 1. The number of piperazine rings is 1. The Balaban J connectivity index is 0.00000131. The summed E-state index contributed by atoms with van der Waals surface area (Å²) in [5.41, 5.74) is 3.21. The van der Waals surface area contributed by atoms with E-state index in [1.165, 1.54) is 10.4 Å². The van der Waals surface area contributed by atoms with Crippen LogP contribution in [0.3, 0.4) is 0 Å². The third-order valence-electron chi connectivity index (χ3n) is 4.66. The van der Waals surface area contributed by atoms with Crippen molar-refractivity contribution in [3.63, 3.8) is 0 Å². The number of benzene rings is 1. The SMILES string of the molecule is Cc1cc2c(s1)Nc1ccccc1N=C2N1CCN[C@@H](CC(C)O)C1.Cl.Cl.S. The zero-order valence-electron chi connectivity index (χ0n) is 15.9. The Kier molecular flexibility index (Phi) is 9.59. The van der Waals surface area contributed by atoms with Gasteiger partial charge < -0.3 is 20.6 Å². The van der Waals surface area contributed by atoms with E-state index in [-0.39, 0.29) is 50.5 Å². The van der Waals surface area contributed by atoms with Crippen LogP contribution in [0.2, 0.25) is 0 Å². The van der Waals surface area contributed by atoms with Gasteiger partial charge in [0.05, 0.1) is 23.0 Å². The standard InChI is InChI=1S/C19H24N4OS.2ClH.H2S/c1-12(24)9-14-11-23(8-7-20-14)18-15-10-13(2)25-19(15)22-17-6-4-3-5-16(17)21-18;;;/h3-6,10,12,14,20,22,24H,7-9,11H2,1-2H3;2*1H;1H2/t12?,14-;;;/m0.../s1. The minimum absolute atomic E-state index is 0. The second kappa shape index (κ2) is 10.7. The third kappa shape index (κ3) is 5.34. The van der Waals surface area contributed by atoms with Gasteiger partial charge in [-0.25, -0.2) is 4.99 Å². The highest BCUT2D eigenvalue weighted by molar-refractivity contribution is 7.59. The molecular formula is C19H28Cl2N4OS2. The van der Waals surface area contributed by atoms with Crippen molar-refractivity contribution in [2.45, 2.75) is 32.4 Å². The summed E-state index contributed by atoms with van der Waals surface area (Å²) in [6.07, 6.45) is 0.462. The minimum atomic E-state index is -0.296. The van der Waals surface area contributed by atoms with Crippen LogP contribution >= 0.6 is 49.6 Å². The molecule has 4 rings (SSSR count). The van der Waals surface area contributed by atoms with Crippen molar-refractivity contribution in [3.05, 3.63) is 40.8 Å². The Hall–Kier alpha value is -0.960. The number of thiophene rings is 1. The summed E-state index contributed by atoms with van der Waals surface area (Å²) in [6.45, 7) is 6.68. The summed E-state index contributed by atoms with van der Waals surface area (Å²) in [5, 5.41) is 18.0. The summed E-state index contributed by atoms with van der Waals surface area (Å²) in [6, 6.07) is 10.7. The van der Waals surface area contributed by atoms with E-state index in [1.54, 1.807) is 11.3 Å². The zero-order chi connectivity index (χ0) is 17.4. The normalized spacial score (nSPS) is 18.6. The third-order valence-corrected chi connectivity index (χ3v) is 5.62. The van der Waals surface area contributed by atoms with Crippen LogP contribution in [-0.2, 0) is 0 Å². The molecule has 28 heavy (non-hydrogen) atoms. The zero-order valence-corrected chi connectivity index (χ0v) is 19.4. The second-order valence-electron chi connectivity index (χ2n) is 6.86. The van der Waals surface area contributed by atoms with Crippen molar-refractivity contribution >= 4 is 71.9 Å². The number of para-hydroxylation sites is 2. The molecule has 2 aliphatic rings. The fourth-order valence-electron chi connectivity index (χ4n) is 3.58. The quantitative estimate of drug-likeness (QED) is 0.625. The number of hydrogen-bond acceptors (Lipinski definition) is 6. The van der Waals surface area contributed by atoms with Gasteiger partial charge in [0, 0.05) is 30.6 Å². The second-order valence-corrected chi connectivity index (χ2v) is 8.12. The smallest absolute Gasteiger partial charge is 0.139 e. The maximum atomic E-state index is 9.74. The van der Waals surface area contributed by atoms with Crippen molar-refractivity contribution < 1.29 is 5.11 Å². The number of nitrogens with one attached hydrogen (secondary N) is 2. The number of anilines is 2. The number of amidine groups is 1. The van der Waals surface area contributed by atoms with Crippen molar-refractivity contribution in [1.29, 1.82) is 0 Å². The molecule has 2 aliphatic heterocycles. The highest BCUT2D eigenvalue weighted by atomic mass is 35.5. The monoisotopic (exact) mass is 462 g/mol. The van der Waals surface area contributed by atoms with Gasteiger partial charge in [0.2, 0.25) is 0 Å². The van der Waals surface area contributed by atoms with Gasteiger partial charge >= 0.3 is 0 Å². The number of aliphatic hydroxyl groups excluding tert-OH is 1. The van der Waals surface area contributed by atoms with Gasteiger partial charge in [0.15, 0.2) is 0 Å². The molecule has 1 fully saturated rings. The summed E-state index contributed by atoms with van der Waals surface area (Å²) in [7, 11) is 0. The summed E-state index contributed by atoms with van der Waals surface area (Å²) in [4.78, 5) is 8.66. The van der Waals surface area contributed by atoms with E-state index in [4.69, 9.17) is 4.99 Å². The molecular weight excluding hydrogens is 435 g/mol. The minimum Gasteiger partial charge on any atom is -0.393 e. The highest BCUT2D eigenvalue weighted by Gasteiger charge is 2.27. The van der Waals surface area contributed by atoms with Gasteiger partial charge in [-0.1, -0.05) is 12.1 Å². The topological polar surface area (TPSA) is 59.9 Å². The van der Waals surface area contributed by atoms with Crippen molar-refractivity contribution in [3.8, 4) is 0 Å². The summed E-state index contributed by atoms with van der Waals surface area (Å²) < 4.78 is 0. The highest BCUT2D eigenvalue weighted by Crippen LogP contribution is 2.39. The first-order valence-electron chi connectivity index (χ1n) is 8.82. The first-order chi connectivity index (χ1) is 12.1. The maximum Gasteiger partial charge on any atom is 0.139 e. The molecule has 9 heteroatoms. The molecule has 1 unspecified atom stereocenters. The Labute approximate surface area is 189 Å².